The Morgan fingerprint density at radius 3 is 2.88 bits per heavy atom. The third kappa shape index (κ3) is 6.65. The molecule has 0 radical (unpaired) electrons. The fourth-order valence-corrected chi connectivity index (χ4v) is 4.34. The largest absolute Gasteiger partial charge is 0.453 e. The van der Waals surface area contributed by atoms with Gasteiger partial charge in [0.15, 0.2) is 0 Å². The van der Waals surface area contributed by atoms with E-state index in [1.807, 2.05) is 0 Å². The number of benzene rings is 2. The van der Waals surface area contributed by atoms with Crippen LogP contribution in [0.25, 0.3) is 23.0 Å². The van der Waals surface area contributed by atoms with Crippen LogP contribution >= 0.6 is 11.6 Å². The average molecular weight is 574 g/mol. The van der Waals surface area contributed by atoms with Gasteiger partial charge in [0, 0.05) is 40.5 Å². The number of carbonyl (C=O) groups is 3. The summed E-state index contributed by atoms with van der Waals surface area (Å²) in [6.07, 6.45) is 9.54. The Labute approximate surface area is 238 Å². The van der Waals surface area contributed by atoms with Crippen molar-refractivity contribution in [2.45, 2.75) is 18.9 Å². The molecule has 13 nitrogen and oxygen atoms in total. The number of methoxy groups -OCH3 is 1. The van der Waals surface area contributed by atoms with Crippen LogP contribution in [0.15, 0.2) is 67.2 Å². The molecule has 1 atom stereocenters. The lowest BCUT2D eigenvalue weighted by atomic mass is 10.1. The maximum atomic E-state index is 13.0. The molecule has 14 heteroatoms. The van der Waals surface area contributed by atoms with E-state index in [1.165, 1.54) is 24.2 Å². The predicted octanol–water partition coefficient (Wildman–Crippen LogP) is 4.04. The van der Waals surface area contributed by atoms with Gasteiger partial charge in [-0.05, 0) is 59.3 Å². The van der Waals surface area contributed by atoms with E-state index in [-0.39, 0.29) is 18.2 Å². The molecular weight excluding hydrogens is 550 g/mol. The molecule has 0 fully saturated rings. The number of nitrogens with one attached hydrogen (secondary N) is 4. The summed E-state index contributed by atoms with van der Waals surface area (Å²) in [7, 11) is 1.26. The molecule has 2 aromatic carbocycles. The van der Waals surface area contributed by atoms with Crippen molar-refractivity contribution in [1.29, 1.82) is 0 Å². The zero-order valence-corrected chi connectivity index (χ0v) is 22.4. The topological polar surface area (TPSA) is 169 Å². The molecule has 1 aliphatic heterocycles. The van der Waals surface area contributed by atoms with Crippen molar-refractivity contribution in [2.75, 3.05) is 17.7 Å². The maximum Gasteiger partial charge on any atom is 0.411 e. The van der Waals surface area contributed by atoms with Crippen LogP contribution in [0, 0.1) is 0 Å². The second-order valence-corrected chi connectivity index (χ2v) is 9.30. The molecule has 3 heterocycles. The molecule has 5 rings (SSSR count). The number of fused-ring (bicyclic) bond motifs is 4. The van der Waals surface area contributed by atoms with Gasteiger partial charge in [-0.25, -0.2) is 9.78 Å². The summed E-state index contributed by atoms with van der Waals surface area (Å²) in [5.41, 5.74) is 3.36. The van der Waals surface area contributed by atoms with Crippen molar-refractivity contribution in [1.82, 2.24) is 35.5 Å². The van der Waals surface area contributed by atoms with Crippen LogP contribution in [-0.2, 0) is 14.3 Å². The molecule has 0 saturated carbocycles. The van der Waals surface area contributed by atoms with Crippen LogP contribution in [0.5, 0.6) is 0 Å². The number of aromatic amines is 1. The highest BCUT2D eigenvalue weighted by Gasteiger charge is 2.20. The molecule has 4 aromatic rings. The molecule has 0 aliphatic carbocycles. The standard InChI is InChI=1S/C27H24ClN9O4/c1-41-27(40)31-18-8-9-19-21(13-18)33-24(38)5-3-2-4-20(26-29-14-22(19)34-26)32-25(39)11-6-16-12-17(28)7-10-23(16)37-15-30-35-36-37/h2-3,6-15,20H,4-5H2,1H3,(H,29,34)(H,31,40)(H,32,39)(H,33,38). The molecule has 208 valence electrons. The van der Waals surface area contributed by atoms with E-state index in [0.717, 1.165) is 0 Å². The highest BCUT2D eigenvalue weighted by Crippen LogP contribution is 2.31. The van der Waals surface area contributed by atoms with E-state index in [4.69, 9.17) is 16.6 Å². The number of hydrogen-bond acceptors (Lipinski definition) is 8. The van der Waals surface area contributed by atoms with E-state index in [9.17, 15) is 14.4 Å². The third-order valence-corrected chi connectivity index (χ3v) is 6.32. The Morgan fingerprint density at radius 2 is 2.07 bits per heavy atom. The van der Waals surface area contributed by atoms with Gasteiger partial charge in [0.25, 0.3) is 0 Å². The number of amides is 3. The summed E-state index contributed by atoms with van der Waals surface area (Å²) in [5.74, 6) is -0.0941. The number of rotatable bonds is 5. The number of hydrogen-bond donors (Lipinski definition) is 4. The second-order valence-electron chi connectivity index (χ2n) is 8.86. The average Bonchev–Trinajstić information content (AvgIpc) is 3.66. The predicted molar refractivity (Wildman–Crippen MR) is 151 cm³/mol. The minimum Gasteiger partial charge on any atom is -0.453 e. The fraction of sp³-hybridized carbons (Fsp3) is 0.148. The molecular formula is C27H24ClN9O4. The molecule has 0 spiro atoms. The van der Waals surface area contributed by atoms with Crippen LogP contribution in [0.4, 0.5) is 16.2 Å². The van der Waals surface area contributed by atoms with Crippen LogP contribution < -0.4 is 16.0 Å². The first-order chi connectivity index (χ1) is 19.9. The molecule has 0 saturated heterocycles. The lowest BCUT2D eigenvalue weighted by molar-refractivity contribution is -0.117. The van der Waals surface area contributed by atoms with Gasteiger partial charge < -0.3 is 20.4 Å². The molecule has 1 aliphatic rings. The van der Waals surface area contributed by atoms with Crippen LogP contribution in [0.1, 0.15) is 30.3 Å². The van der Waals surface area contributed by atoms with Crippen molar-refractivity contribution in [2.24, 2.45) is 0 Å². The summed E-state index contributed by atoms with van der Waals surface area (Å²) >= 11 is 6.18. The minimum absolute atomic E-state index is 0.113. The molecule has 2 bridgehead atoms. The molecule has 2 aromatic heterocycles. The summed E-state index contributed by atoms with van der Waals surface area (Å²) in [6, 6.07) is 9.67. The van der Waals surface area contributed by atoms with E-state index in [0.29, 0.717) is 51.2 Å². The number of anilines is 2. The molecule has 4 N–H and O–H groups in total. The summed E-state index contributed by atoms with van der Waals surface area (Å²) in [5, 5.41) is 20.1. The Morgan fingerprint density at radius 1 is 1.20 bits per heavy atom. The molecule has 1 unspecified atom stereocenters. The SMILES string of the molecule is COC(=O)Nc1ccc2c(c1)NC(=O)CC=CCC(NC(=O)C=Cc1cc(Cl)ccc1-n1cnnn1)c1nc-2c[nH]1. The van der Waals surface area contributed by atoms with E-state index >= 15 is 0 Å². The first-order valence-corrected chi connectivity index (χ1v) is 12.8. The highest BCUT2D eigenvalue weighted by molar-refractivity contribution is 6.30. The number of halogens is 1. The van der Waals surface area contributed by atoms with Crippen LogP contribution in [0.2, 0.25) is 5.02 Å². The number of imidazole rings is 1. The van der Waals surface area contributed by atoms with Crippen LogP contribution in [-0.4, -0.2) is 55.2 Å². The number of tetrazole rings is 1. The van der Waals surface area contributed by atoms with Crippen molar-refractivity contribution in [3.63, 3.8) is 0 Å². The summed E-state index contributed by atoms with van der Waals surface area (Å²) in [6.45, 7) is 0. The van der Waals surface area contributed by atoms with Gasteiger partial charge in [-0.1, -0.05) is 23.8 Å². The molecule has 41 heavy (non-hydrogen) atoms. The van der Waals surface area contributed by atoms with E-state index in [2.05, 4.69) is 41.2 Å². The highest BCUT2D eigenvalue weighted by atomic mass is 35.5. The van der Waals surface area contributed by atoms with Gasteiger partial charge in [-0.2, -0.15) is 4.68 Å². The lowest BCUT2D eigenvalue weighted by Gasteiger charge is -2.15. The quantitative estimate of drug-likeness (QED) is 0.205. The van der Waals surface area contributed by atoms with Crippen molar-refractivity contribution in [3.05, 3.63) is 83.6 Å². The normalized spacial score (nSPS) is 14.9. The number of nitrogens with zero attached hydrogens (tertiary/aromatic N) is 5. The van der Waals surface area contributed by atoms with Gasteiger partial charge in [-0.15, -0.1) is 5.10 Å². The fourth-order valence-electron chi connectivity index (χ4n) is 4.16. The smallest absolute Gasteiger partial charge is 0.411 e. The Balaban J connectivity index is 1.40. The Bertz CT molecular complexity index is 1650. The monoisotopic (exact) mass is 573 g/mol. The molecule has 3 amide bonds. The zero-order valence-electron chi connectivity index (χ0n) is 21.7. The zero-order chi connectivity index (χ0) is 28.8. The van der Waals surface area contributed by atoms with Gasteiger partial charge in [0.05, 0.1) is 30.2 Å². The van der Waals surface area contributed by atoms with Crippen molar-refractivity contribution in [3.8, 4) is 16.9 Å². The summed E-state index contributed by atoms with van der Waals surface area (Å²) in [4.78, 5) is 45.1. The second kappa shape index (κ2) is 12.3. The summed E-state index contributed by atoms with van der Waals surface area (Å²) < 4.78 is 6.12. The van der Waals surface area contributed by atoms with Crippen LogP contribution in [0.3, 0.4) is 0 Å². The van der Waals surface area contributed by atoms with Gasteiger partial charge in [0.1, 0.15) is 12.2 Å². The first kappa shape index (κ1) is 27.3. The Kier molecular flexibility index (Phi) is 8.15. The number of ether oxygens (including phenoxy) is 1. The third-order valence-electron chi connectivity index (χ3n) is 6.09. The van der Waals surface area contributed by atoms with Crippen molar-refractivity contribution < 1.29 is 19.1 Å². The minimum atomic E-state index is -0.635. The number of aromatic nitrogens is 6. The van der Waals surface area contributed by atoms with E-state index < -0.39 is 12.1 Å². The Hall–Kier alpha value is -5.30. The lowest BCUT2D eigenvalue weighted by Crippen LogP contribution is -2.27. The van der Waals surface area contributed by atoms with Gasteiger partial charge in [0.2, 0.25) is 11.8 Å². The maximum absolute atomic E-state index is 13.0. The number of H-pyrrole nitrogens is 1. The van der Waals surface area contributed by atoms with Crippen molar-refractivity contribution >= 4 is 47.0 Å². The number of carbonyl (C=O) groups excluding carboxylic acids is 3. The van der Waals surface area contributed by atoms with Gasteiger partial charge >= 0.3 is 6.09 Å². The van der Waals surface area contributed by atoms with Gasteiger partial charge in [-0.3, -0.25) is 14.9 Å². The van der Waals surface area contributed by atoms with E-state index in [1.54, 1.807) is 60.8 Å². The first-order valence-electron chi connectivity index (χ1n) is 12.4.